The van der Waals surface area contributed by atoms with Gasteiger partial charge >= 0.3 is 12.8 Å². The molecule has 0 saturated heterocycles. The Labute approximate surface area is 139 Å². The van der Waals surface area contributed by atoms with Crippen LogP contribution in [0.5, 0.6) is 5.75 Å². The Morgan fingerprint density at radius 1 is 1.08 bits per heavy atom. The molecule has 1 amide bonds. The van der Waals surface area contributed by atoms with Gasteiger partial charge in [-0.2, -0.15) is 22.0 Å². The van der Waals surface area contributed by atoms with Crippen LogP contribution in [0.1, 0.15) is 11.1 Å². The van der Waals surface area contributed by atoms with Gasteiger partial charge in [-0.25, -0.2) is 0 Å². The summed E-state index contributed by atoms with van der Waals surface area (Å²) in [6.45, 7) is -2.93. The average molecular weight is 357 g/mol. The number of carbonyl (C=O) groups is 1. The first-order valence-corrected chi connectivity index (χ1v) is 6.95. The SMILES string of the molecule is O=C(/C=C/c1ccc(OC(F)F)cc1)Nc1cccc(C(F)(F)F)c1. The number of hydrogen-bond donors (Lipinski definition) is 1. The predicted octanol–water partition coefficient (Wildman–Crippen LogP) is 4.96. The normalized spacial score (nSPS) is 11.8. The second-order valence-electron chi connectivity index (χ2n) is 4.85. The summed E-state index contributed by atoms with van der Waals surface area (Å²) < 4.78 is 66.0. The molecule has 0 heterocycles. The minimum Gasteiger partial charge on any atom is -0.435 e. The number of nitrogens with one attached hydrogen (secondary N) is 1. The molecule has 2 aromatic rings. The molecule has 0 bridgehead atoms. The van der Waals surface area contributed by atoms with E-state index in [2.05, 4.69) is 10.1 Å². The maximum Gasteiger partial charge on any atom is 0.416 e. The first-order chi connectivity index (χ1) is 11.7. The van der Waals surface area contributed by atoms with Gasteiger partial charge in [0.25, 0.3) is 0 Å². The predicted molar refractivity (Wildman–Crippen MR) is 82.2 cm³/mol. The zero-order valence-electron chi connectivity index (χ0n) is 12.6. The minimum atomic E-state index is -4.50. The smallest absolute Gasteiger partial charge is 0.416 e. The van der Waals surface area contributed by atoms with Crippen molar-refractivity contribution in [2.75, 3.05) is 5.32 Å². The van der Waals surface area contributed by atoms with Gasteiger partial charge in [-0.15, -0.1) is 0 Å². The molecular formula is C17H12F5NO2. The summed E-state index contributed by atoms with van der Waals surface area (Å²) in [5.41, 5.74) is -0.338. The number of alkyl halides is 5. The lowest BCUT2D eigenvalue weighted by Gasteiger charge is -2.08. The number of carbonyl (C=O) groups excluding carboxylic acids is 1. The quantitative estimate of drug-likeness (QED) is 0.607. The van der Waals surface area contributed by atoms with E-state index in [9.17, 15) is 26.7 Å². The van der Waals surface area contributed by atoms with E-state index in [1.54, 1.807) is 0 Å². The van der Waals surface area contributed by atoms with Crippen LogP contribution in [0, 0.1) is 0 Å². The van der Waals surface area contributed by atoms with E-state index in [0.717, 1.165) is 18.2 Å². The maximum atomic E-state index is 12.6. The summed E-state index contributed by atoms with van der Waals surface area (Å²) >= 11 is 0. The zero-order valence-corrected chi connectivity index (χ0v) is 12.6. The minimum absolute atomic E-state index is 0.00477. The molecule has 0 unspecified atom stereocenters. The molecule has 0 fully saturated rings. The highest BCUT2D eigenvalue weighted by Crippen LogP contribution is 2.30. The molecular weight excluding hydrogens is 345 g/mol. The first-order valence-electron chi connectivity index (χ1n) is 6.95. The summed E-state index contributed by atoms with van der Waals surface area (Å²) in [4.78, 5) is 11.8. The lowest BCUT2D eigenvalue weighted by Crippen LogP contribution is -2.10. The molecule has 0 saturated carbocycles. The topological polar surface area (TPSA) is 38.3 Å². The van der Waals surface area contributed by atoms with E-state index >= 15 is 0 Å². The zero-order chi connectivity index (χ0) is 18.4. The van der Waals surface area contributed by atoms with Crippen molar-refractivity contribution >= 4 is 17.7 Å². The van der Waals surface area contributed by atoms with Gasteiger partial charge in [-0.3, -0.25) is 4.79 Å². The van der Waals surface area contributed by atoms with Crippen LogP contribution in [0.25, 0.3) is 6.08 Å². The second-order valence-corrected chi connectivity index (χ2v) is 4.85. The Morgan fingerprint density at radius 2 is 1.76 bits per heavy atom. The molecule has 1 N–H and O–H groups in total. The van der Waals surface area contributed by atoms with E-state index in [1.807, 2.05) is 0 Å². The molecule has 2 rings (SSSR count). The van der Waals surface area contributed by atoms with Crippen molar-refractivity contribution in [1.82, 2.24) is 0 Å². The van der Waals surface area contributed by atoms with Crippen LogP contribution in [0.15, 0.2) is 54.6 Å². The summed E-state index contributed by atoms with van der Waals surface area (Å²) in [5, 5.41) is 2.31. The third-order valence-corrected chi connectivity index (χ3v) is 2.99. The number of amides is 1. The van der Waals surface area contributed by atoms with Crippen molar-refractivity contribution in [1.29, 1.82) is 0 Å². The van der Waals surface area contributed by atoms with Crippen LogP contribution in [-0.4, -0.2) is 12.5 Å². The van der Waals surface area contributed by atoms with Crippen molar-refractivity contribution in [2.24, 2.45) is 0 Å². The van der Waals surface area contributed by atoms with Gasteiger partial charge in [-0.1, -0.05) is 18.2 Å². The van der Waals surface area contributed by atoms with Crippen LogP contribution >= 0.6 is 0 Å². The standard InChI is InChI=1S/C17H12F5NO2/c18-16(19)25-14-7-4-11(5-8-14)6-9-15(24)23-13-3-1-2-12(10-13)17(20,21)22/h1-10,16H,(H,23,24)/b9-6+. The van der Waals surface area contributed by atoms with Crippen LogP contribution in [0.3, 0.4) is 0 Å². The fourth-order valence-electron chi connectivity index (χ4n) is 1.89. The first kappa shape index (κ1) is 18.4. The van der Waals surface area contributed by atoms with Gasteiger partial charge in [-0.05, 0) is 42.0 Å². The van der Waals surface area contributed by atoms with E-state index in [0.29, 0.717) is 5.56 Å². The van der Waals surface area contributed by atoms with Gasteiger partial charge < -0.3 is 10.1 Å². The van der Waals surface area contributed by atoms with Crippen molar-refractivity contribution < 1.29 is 31.5 Å². The van der Waals surface area contributed by atoms with Crippen molar-refractivity contribution in [3.8, 4) is 5.75 Å². The molecule has 25 heavy (non-hydrogen) atoms. The van der Waals surface area contributed by atoms with E-state index in [-0.39, 0.29) is 11.4 Å². The fraction of sp³-hybridized carbons (Fsp3) is 0.118. The largest absolute Gasteiger partial charge is 0.435 e. The van der Waals surface area contributed by atoms with E-state index in [1.165, 1.54) is 42.5 Å². The fourth-order valence-corrected chi connectivity index (χ4v) is 1.89. The monoisotopic (exact) mass is 357 g/mol. The highest BCUT2D eigenvalue weighted by molar-refractivity contribution is 6.01. The van der Waals surface area contributed by atoms with Crippen LogP contribution in [0.4, 0.5) is 27.6 Å². The van der Waals surface area contributed by atoms with Gasteiger partial charge in [0.05, 0.1) is 5.56 Å². The number of rotatable bonds is 5. The Bertz CT molecular complexity index is 754. The Hall–Kier alpha value is -2.90. The third-order valence-electron chi connectivity index (χ3n) is 2.99. The third kappa shape index (κ3) is 5.91. The molecule has 132 valence electrons. The number of anilines is 1. The Kier molecular flexibility index (Phi) is 5.74. The summed E-state index contributed by atoms with van der Waals surface area (Å²) in [5.74, 6) is -0.659. The van der Waals surface area contributed by atoms with Crippen molar-refractivity contribution in [2.45, 2.75) is 12.8 Å². The molecule has 0 aliphatic carbocycles. The lowest BCUT2D eigenvalue weighted by atomic mass is 10.2. The molecule has 8 heteroatoms. The number of hydrogen-bond acceptors (Lipinski definition) is 2. The number of ether oxygens (including phenoxy) is 1. The molecule has 0 atom stereocenters. The van der Waals surface area contributed by atoms with Gasteiger partial charge in [0, 0.05) is 11.8 Å². The maximum absolute atomic E-state index is 12.6. The molecule has 0 radical (unpaired) electrons. The van der Waals surface area contributed by atoms with Gasteiger partial charge in [0.15, 0.2) is 0 Å². The Morgan fingerprint density at radius 3 is 2.36 bits per heavy atom. The molecule has 3 nitrogen and oxygen atoms in total. The summed E-state index contributed by atoms with van der Waals surface area (Å²) in [6.07, 6.45) is -2.00. The van der Waals surface area contributed by atoms with Crippen molar-refractivity contribution in [3.63, 3.8) is 0 Å². The molecule has 0 aliphatic heterocycles. The number of halogens is 5. The van der Waals surface area contributed by atoms with Gasteiger partial charge in [0.2, 0.25) is 5.91 Å². The summed E-state index contributed by atoms with van der Waals surface area (Å²) in [7, 11) is 0. The highest BCUT2D eigenvalue weighted by atomic mass is 19.4. The lowest BCUT2D eigenvalue weighted by molar-refractivity contribution is -0.137. The second kappa shape index (κ2) is 7.78. The van der Waals surface area contributed by atoms with E-state index < -0.39 is 24.3 Å². The van der Waals surface area contributed by atoms with Crippen LogP contribution < -0.4 is 10.1 Å². The molecule has 2 aromatic carbocycles. The summed E-state index contributed by atoms with van der Waals surface area (Å²) in [6, 6.07) is 9.74. The molecule has 0 aliphatic rings. The number of benzene rings is 2. The Balaban J connectivity index is 1.99. The van der Waals surface area contributed by atoms with Crippen molar-refractivity contribution in [3.05, 3.63) is 65.7 Å². The van der Waals surface area contributed by atoms with Gasteiger partial charge in [0.1, 0.15) is 5.75 Å². The van der Waals surface area contributed by atoms with E-state index in [4.69, 9.17) is 0 Å². The van der Waals surface area contributed by atoms with Crippen LogP contribution in [-0.2, 0) is 11.0 Å². The molecule has 0 spiro atoms. The highest BCUT2D eigenvalue weighted by Gasteiger charge is 2.30. The van der Waals surface area contributed by atoms with Crippen LogP contribution in [0.2, 0.25) is 0 Å². The molecule has 0 aromatic heterocycles. The average Bonchev–Trinajstić information content (AvgIpc) is 2.53.